The first-order valence-electron chi connectivity index (χ1n) is 6.10. The molecule has 2 heterocycles. The maximum atomic E-state index is 12.2. The van der Waals surface area contributed by atoms with Crippen LogP contribution in [-0.2, 0) is 16.6 Å². The van der Waals surface area contributed by atoms with Crippen LogP contribution in [0.2, 0.25) is 0 Å². The maximum Gasteiger partial charge on any atom is 0.308 e. The third-order valence-corrected chi connectivity index (χ3v) is 4.57. The Morgan fingerprint density at radius 3 is 2.76 bits per heavy atom. The number of rotatable bonds is 4. The molecule has 0 spiro atoms. The molecule has 21 heavy (non-hydrogen) atoms. The van der Waals surface area contributed by atoms with Crippen molar-refractivity contribution in [3.63, 3.8) is 0 Å². The van der Waals surface area contributed by atoms with E-state index in [-0.39, 0.29) is 5.22 Å². The first-order chi connectivity index (χ1) is 10.2. The Balaban J connectivity index is 1.82. The van der Waals surface area contributed by atoms with Crippen LogP contribution in [-0.4, -0.2) is 19.4 Å². The van der Waals surface area contributed by atoms with Gasteiger partial charge in [0, 0.05) is 16.9 Å². The summed E-state index contributed by atoms with van der Waals surface area (Å²) >= 11 is 3.42. The minimum atomic E-state index is -1.39. The lowest BCUT2D eigenvalue weighted by molar-refractivity contribution is 0.455. The molecule has 0 aliphatic carbocycles. The molecule has 3 rings (SSSR count). The van der Waals surface area contributed by atoms with Crippen molar-refractivity contribution < 1.29 is 8.63 Å². The van der Waals surface area contributed by atoms with Crippen molar-refractivity contribution in [1.82, 2.24) is 15.2 Å². The lowest BCUT2D eigenvalue weighted by atomic mass is 10.2. The number of aromatic nitrogens is 3. The predicted molar refractivity (Wildman–Crippen MR) is 81.8 cm³/mol. The van der Waals surface area contributed by atoms with Crippen molar-refractivity contribution >= 4 is 26.7 Å². The molecule has 5 nitrogen and oxygen atoms in total. The Morgan fingerprint density at radius 1 is 1.14 bits per heavy atom. The molecule has 0 amide bonds. The SMILES string of the molecule is O=S(Cc1cccnc1)c1nnc(-c2ccccc2Br)o1. The fourth-order valence-corrected chi connectivity index (χ4v) is 3.10. The van der Waals surface area contributed by atoms with Gasteiger partial charge in [-0.25, -0.2) is 4.21 Å². The summed E-state index contributed by atoms with van der Waals surface area (Å²) < 4.78 is 18.6. The fraction of sp³-hybridized carbons (Fsp3) is 0.0714. The van der Waals surface area contributed by atoms with Gasteiger partial charge >= 0.3 is 5.22 Å². The van der Waals surface area contributed by atoms with E-state index >= 15 is 0 Å². The van der Waals surface area contributed by atoms with E-state index in [2.05, 4.69) is 31.1 Å². The second kappa shape index (κ2) is 6.28. The summed E-state index contributed by atoms with van der Waals surface area (Å²) in [5.41, 5.74) is 1.63. The van der Waals surface area contributed by atoms with Crippen LogP contribution in [0.15, 0.2) is 62.9 Å². The minimum absolute atomic E-state index is 0.115. The molecule has 1 unspecified atom stereocenters. The highest BCUT2D eigenvalue weighted by Gasteiger charge is 2.16. The van der Waals surface area contributed by atoms with Crippen LogP contribution < -0.4 is 0 Å². The van der Waals surface area contributed by atoms with Crippen molar-refractivity contribution in [2.45, 2.75) is 11.0 Å². The second-order valence-electron chi connectivity index (χ2n) is 4.20. The van der Waals surface area contributed by atoms with Crippen molar-refractivity contribution in [3.05, 3.63) is 58.8 Å². The molecule has 1 atom stereocenters. The molecule has 0 N–H and O–H groups in total. The summed E-state index contributed by atoms with van der Waals surface area (Å²) in [6, 6.07) is 11.2. The number of pyridine rings is 1. The van der Waals surface area contributed by atoms with E-state index in [4.69, 9.17) is 4.42 Å². The number of hydrogen-bond acceptors (Lipinski definition) is 5. The molecule has 0 aliphatic heterocycles. The second-order valence-corrected chi connectivity index (χ2v) is 6.39. The molecule has 3 aromatic rings. The molecule has 0 fully saturated rings. The number of nitrogens with zero attached hydrogens (tertiary/aromatic N) is 3. The molecule has 1 aromatic carbocycles. The van der Waals surface area contributed by atoms with Gasteiger partial charge in [0.25, 0.3) is 0 Å². The van der Waals surface area contributed by atoms with Crippen LogP contribution in [0.3, 0.4) is 0 Å². The maximum absolute atomic E-state index is 12.2. The largest absolute Gasteiger partial charge is 0.409 e. The third-order valence-electron chi connectivity index (χ3n) is 2.73. The summed E-state index contributed by atoms with van der Waals surface area (Å²) in [6.45, 7) is 0. The molecular formula is C14H10BrN3O2S. The monoisotopic (exact) mass is 363 g/mol. The van der Waals surface area contributed by atoms with Crippen LogP contribution in [0.4, 0.5) is 0 Å². The highest BCUT2D eigenvalue weighted by molar-refractivity contribution is 9.10. The molecule has 0 aliphatic rings. The van der Waals surface area contributed by atoms with E-state index in [1.807, 2.05) is 30.3 Å². The Bertz CT molecular complexity index is 777. The van der Waals surface area contributed by atoms with Gasteiger partial charge in [-0.05, 0) is 39.7 Å². The quantitative estimate of drug-likeness (QED) is 0.711. The zero-order valence-electron chi connectivity index (χ0n) is 10.8. The fourth-order valence-electron chi connectivity index (χ4n) is 1.74. The summed E-state index contributed by atoms with van der Waals surface area (Å²) in [5, 5.41) is 7.94. The number of hydrogen-bond donors (Lipinski definition) is 0. The lowest BCUT2D eigenvalue weighted by Gasteiger charge is -1.98. The number of benzene rings is 1. The van der Waals surface area contributed by atoms with Gasteiger partial charge in [-0.1, -0.05) is 23.3 Å². The van der Waals surface area contributed by atoms with Gasteiger partial charge in [0.2, 0.25) is 5.89 Å². The third kappa shape index (κ3) is 3.25. The van der Waals surface area contributed by atoms with E-state index < -0.39 is 10.8 Å². The first kappa shape index (κ1) is 14.1. The molecule has 0 bridgehead atoms. The Kier molecular flexibility index (Phi) is 4.21. The number of halogens is 1. The van der Waals surface area contributed by atoms with Crippen molar-refractivity contribution in [3.8, 4) is 11.5 Å². The lowest BCUT2D eigenvalue weighted by Crippen LogP contribution is -1.97. The van der Waals surface area contributed by atoms with Crippen LogP contribution >= 0.6 is 15.9 Å². The van der Waals surface area contributed by atoms with E-state index in [0.717, 1.165) is 15.6 Å². The van der Waals surface area contributed by atoms with Gasteiger partial charge in [-0.3, -0.25) is 4.98 Å². The Labute approximate surface area is 132 Å². The topological polar surface area (TPSA) is 68.9 Å². The van der Waals surface area contributed by atoms with Crippen LogP contribution in [0, 0.1) is 0 Å². The first-order valence-corrected chi connectivity index (χ1v) is 8.21. The van der Waals surface area contributed by atoms with Gasteiger partial charge < -0.3 is 4.42 Å². The van der Waals surface area contributed by atoms with E-state index in [1.165, 1.54) is 0 Å². The molecule has 106 valence electrons. The standard InChI is InChI=1S/C14H10BrN3O2S/c15-12-6-2-1-5-11(12)13-17-18-14(20-13)21(19)9-10-4-3-7-16-8-10/h1-8H,9H2. The van der Waals surface area contributed by atoms with Crippen molar-refractivity contribution in [2.24, 2.45) is 0 Å². The molecule has 0 saturated heterocycles. The summed E-state index contributed by atoms with van der Waals surface area (Å²) in [4.78, 5) is 3.99. The van der Waals surface area contributed by atoms with Gasteiger partial charge in [-0.2, -0.15) is 0 Å². The highest BCUT2D eigenvalue weighted by atomic mass is 79.9. The minimum Gasteiger partial charge on any atom is -0.409 e. The molecule has 0 saturated carbocycles. The molecule has 2 aromatic heterocycles. The van der Waals surface area contributed by atoms with Gasteiger partial charge in [-0.15, -0.1) is 5.10 Å². The van der Waals surface area contributed by atoms with Gasteiger partial charge in [0.15, 0.2) is 0 Å². The van der Waals surface area contributed by atoms with Crippen LogP contribution in [0.1, 0.15) is 5.56 Å². The molecular weight excluding hydrogens is 354 g/mol. The summed E-state index contributed by atoms with van der Waals surface area (Å²) in [5.74, 6) is 0.642. The summed E-state index contributed by atoms with van der Waals surface area (Å²) in [6.07, 6.45) is 3.34. The molecule has 0 radical (unpaired) electrons. The van der Waals surface area contributed by atoms with Gasteiger partial charge in [0.05, 0.1) is 11.3 Å². The molecule has 7 heteroatoms. The van der Waals surface area contributed by atoms with Crippen molar-refractivity contribution in [1.29, 1.82) is 0 Å². The van der Waals surface area contributed by atoms with Crippen LogP contribution in [0.5, 0.6) is 0 Å². The smallest absolute Gasteiger partial charge is 0.308 e. The van der Waals surface area contributed by atoms with Crippen molar-refractivity contribution in [2.75, 3.05) is 0 Å². The normalized spacial score (nSPS) is 12.2. The average Bonchev–Trinajstić information content (AvgIpc) is 2.98. The van der Waals surface area contributed by atoms with E-state index in [9.17, 15) is 4.21 Å². The highest BCUT2D eigenvalue weighted by Crippen LogP contribution is 2.27. The Hall–Kier alpha value is -1.86. The van der Waals surface area contributed by atoms with E-state index in [1.54, 1.807) is 18.5 Å². The predicted octanol–water partition coefficient (Wildman–Crippen LogP) is 3.20. The Morgan fingerprint density at radius 2 is 2.00 bits per heavy atom. The zero-order valence-corrected chi connectivity index (χ0v) is 13.2. The van der Waals surface area contributed by atoms with Gasteiger partial charge in [0.1, 0.15) is 10.8 Å². The average molecular weight is 364 g/mol. The zero-order chi connectivity index (χ0) is 14.7. The van der Waals surface area contributed by atoms with Crippen LogP contribution in [0.25, 0.3) is 11.5 Å². The summed E-state index contributed by atoms with van der Waals surface area (Å²) in [7, 11) is -1.39. The van der Waals surface area contributed by atoms with E-state index in [0.29, 0.717) is 11.6 Å².